The molecule has 17 heavy (non-hydrogen) atoms. The number of aromatic nitrogens is 2. The highest BCUT2D eigenvalue weighted by Gasteiger charge is 2.30. The van der Waals surface area contributed by atoms with Gasteiger partial charge in [-0.25, -0.2) is 8.42 Å². The third kappa shape index (κ3) is 2.56. The van der Waals surface area contributed by atoms with Crippen LogP contribution in [0, 0.1) is 13.8 Å². The minimum absolute atomic E-state index is 0.0981. The van der Waals surface area contributed by atoms with Gasteiger partial charge in [0.05, 0.1) is 11.4 Å². The summed E-state index contributed by atoms with van der Waals surface area (Å²) >= 11 is 3.30. The smallest absolute Gasteiger partial charge is 0.246 e. The number of alkyl halides is 1. The third-order valence-corrected chi connectivity index (χ3v) is 6.09. The number of hydrogen-bond donors (Lipinski definition) is 0. The molecule has 0 aliphatic carbocycles. The van der Waals surface area contributed by atoms with Crippen LogP contribution in [0.5, 0.6) is 0 Å². The van der Waals surface area contributed by atoms with E-state index in [1.807, 2.05) is 6.92 Å². The van der Waals surface area contributed by atoms with Crippen molar-refractivity contribution >= 4 is 26.0 Å². The van der Waals surface area contributed by atoms with Gasteiger partial charge in [0.1, 0.15) is 4.90 Å². The van der Waals surface area contributed by atoms with Crippen LogP contribution in [0.3, 0.4) is 0 Å². The molecule has 98 valence electrons. The van der Waals surface area contributed by atoms with Gasteiger partial charge in [0.15, 0.2) is 0 Å². The lowest BCUT2D eigenvalue weighted by molar-refractivity contribution is 0.415. The molecule has 0 saturated heterocycles. The summed E-state index contributed by atoms with van der Waals surface area (Å²) in [5.74, 6) is 0. The highest BCUT2D eigenvalue weighted by Crippen LogP contribution is 2.23. The minimum Gasteiger partial charge on any atom is -0.271 e. The van der Waals surface area contributed by atoms with Crippen molar-refractivity contribution in [2.24, 2.45) is 7.05 Å². The van der Waals surface area contributed by atoms with E-state index < -0.39 is 10.0 Å². The number of rotatable bonds is 4. The van der Waals surface area contributed by atoms with Crippen molar-refractivity contribution in [2.45, 2.75) is 31.7 Å². The Labute approximate surface area is 111 Å². The van der Waals surface area contributed by atoms with Gasteiger partial charge in [0.2, 0.25) is 10.0 Å². The molecule has 1 rings (SSSR count). The zero-order valence-corrected chi connectivity index (χ0v) is 13.1. The molecule has 0 saturated carbocycles. The Morgan fingerprint density at radius 1 is 1.47 bits per heavy atom. The van der Waals surface area contributed by atoms with Gasteiger partial charge < -0.3 is 0 Å². The van der Waals surface area contributed by atoms with E-state index in [0.29, 0.717) is 21.6 Å². The zero-order chi connectivity index (χ0) is 13.4. The van der Waals surface area contributed by atoms with Crippen molar-refractivity contribution in [1.29, 1.82) is 0 Å². The molecule has 5 nitrogen and oxygen atoms in total. The van der Waals surface area contributed by atoms with Gasteiger partial charge in [-0.05, 0) is 20.8 Å². The summed E-state index contributed by atoms with van der Waals surface area (Å²) < 4.78 is 27.8. The second kappa shape index (κ2) is 5.07. The molecule has 0 bridgehead atoms. The Morgan fingerprint density at radius 2 is 2.00 bits per heavy atom. The van der Waals surface area contributed by atoms with Gasteiger partial charge in [0.25, 0.3) is 0 Å². The molecule has 0 radical (unpaired) electrons. The second-order valence-corrected chi connectivity index (χ2v) is 6.73. The Morgan fingerprint density at radius 3 is 2.35 bits per heavy atom. The summed E-state index contributed by atoms with van der Waals surface area (Å²) in [5.41, 5.74) is 1.20. The molecule has 1 heterocycles. The van der Waals surface area contributed by atoms with Gasteiger partial charge in [-0.15, -0.1) is 0 Å². The molecule has 7 heteroatoms. The number of sulfonamides is 1. The van der Waals surface area contributed by atoms with Crippen LogP contribution in [0.25, 0.3) is 0 Å². The van der Waals surface area contributed by atoms with E-state index in [0.717, 1.165) is 0 Å². The van der Waals surface area contributed by atoms with E-state index in [4.69, 9.17) is 0 Å². The van der Waals surface area contributed by atoms with Crippen LogP contribution in [-0.2, 0) is 17.1 Å². The highest BCUT2D eigenvalue weighted by atomic mass is 79.9. The lowest BCUT2D eigenvalue weighted by Crippen LogP contribution is -2.36. The molecule has 1 unspecified atom stereocenters. The van der Waals surface area contributed by atoms with Crippen molar-refractivity contribution in [3.8, 4) is 0 Å². The quantitative estimate of drug-likeness (QED) is 0.788. The molecule has 0 aliphatic heterocycles. The first-order valence-corrected chi connectivity index (χ1v) is 7.83. The number of halogens is 1. The largest absolute Gasteiger partial charge is 0.271 e. The van der Waals surface area contributed by atoms with Crippen LogP contribution in [0.1, 0.15) is 18.3 Å². The first-order chi connectivity index (χ1) is 7.73. The van der Waals surface area contributed by atoms with E-state index in [2.05, 4.69) is 21.0 Å². The molecular formula is C10H18BrN3O2S. The number of hydrogen-bond acceptors (Lipinski definition) is 3. The monoisotopic (exact) mass is 323 g/mol. The van der Waals surface area contributed by atoms with E-state index in [-0.39, 0.29) is 6.04 Å². The Kier molecular flexibility index (Phi) is 4.38. The lowest BCUT2D eigenvalue weighted by atomic mass is 10.4. The van der Waals surface area contributed by atoms with Gasteiger partial charge in [-0.2, -0.15) is 9.40 Å². The summed E-state index contributed by atoms with van der Waals surface area (Å²) in [5, 5.41) is 4.74. The van der Waals surface area contributed by atoms with Crippen molar-refractivity contribution in [1.82, 2.24) is 14.1 Å². The van der Waals surface area contributed by atoms with Gasteiger partial charge in [-0.1, -0.05) is 15.9 Å². The van der Waals surface area contributed by atoms with Crippen molar-refractivity contribution in [3.05, 3.63) is 11.4 Å². The molecule has 0 N–H and O–H groups in total. The molecule has 0 aliphatic rings. The van der Waals surface area contributed by atoms with Crippen LogP contribution in [0.15, 0.2) is 4.90 Å². The van der Waals surface area contributed by atoms with Crippen molar-refractivity contribution < 1.29 is 8.42 Å². The van der Waals surface area contributed by atoms with Crippen LogP contribution < -0.4 is 0 Å². The molecule has 1 aromatic rings. The van der Waals surface area contributed by atoms with Crippen molar-refractivity contribution in [3.63, 3.8) is 0 Å². The first-order valence-electron chi connectivity index (χ1n) is 5.27. The fourth-order valence-electron chi connectivity index (χ4n) is 1.61. The SMILES string of the molecule is Cc1nn(C)c(C)c1S(=O)(=O)N(C)C(C)CBr. The third-order valence-electron chi connectivity index (χ3n) is 2.92. The van der Waals surface area contributed by atoms with Crippen LogP contribution in [-0.4, -0.2) is 40.9 Å². The zero-order valence-electron chi connectivity index (χ0n) is 10.7. The maximum Gasteiger partial charge on any atom is 0.246 e. The second-order valence-electron chi connectivity index (χ2n) is 4.15. The summed E-state index contributed by atoms with van der Waals surface area (Å²) in [6, 6.07) is -0.0981. The molecule has 0 amide bonds. The molecule has 1 aromatic heterocycles. The standard InChI is InChI=1S/C10H18BrN3O2S/c1-7(6-11)14(5)17(15,16)10-8(2)12-13(4)9(10)3/h7H,6H2,1-5H3. The summed E-state index contributed by atoms with van der Waals surface area (Å²) in [7, 11) is -0.135. The molecule has 0 fully saturated rings. The summed E-state index contributed by atoms with van der Waals surface area (Å²) in [4.78, 5) is 0.315. The molecular weight excluding hydrogens is 306 g/mol. The average molecular weight is 324 g/mol. The Hall–Kier alpha value is -0.400. The molecule has 0 spiro atoms. The Bertz CT molecular complexity index is 510. The number of nitrogens with zero attached hydrogens (tertiary/aromatic N) is 3. The maximum absolute atomic E-state index is 12.4. The van der Waals surface area contributed by atoms with Gasteiger partial charge >= 0.3 is 0 Å². The first kappa shape index (κ1) is 14.7. The normalized spacial score (nSPS) is 14.3. The van der Waals surface area contributed by atoms with Crippen LogP contribution >= 0.6 is 15.9 Å². The van der Waals surface area contributed by atoms with E-state index in [9.17, 15) is 8.42 Å². The van der Waals surface area contributed by atoms with Crippen LogP contribution in [0.2, 0.25) is 0 Å². The topological polar surface area (TPSA) is 55.2 Å². The minimum atomic E-state index is -3.47. The van der Waals surface area contributed by atoms with Crippen molar-refractivity contribution in [2.75, 3.05) is 12.4 Å². The van der Waals surface area contributed by atoms with Crippen LogP contribution in [0.4, 0.5) is 0 Å². The highest BCUT2D eigenvalue weighted by molar-refractivity contribution is 9.09. The lowest BCUT2D eigenvalue weighted by Gasteiger charge is -2.22. The predicted molar refractivity (Wildman–Crippen MR) is 70.9 cm³/mol. The number of aryl methyl sites for hydroxylation is 2. The summed E-state index contributed by atoms with van der Waals surface area (Å²) in [6.07, 6.45) is 0. The van der Waals surface area contributed by atoms with E-state index in [1.54, 1.807) is 32.6 Å². The summed E-state index contributed by atoms with van der Waals surface area (Å²) in [6.45, 7) is 5.33. The van der Waals surface area contributed by atoms with Gasteiger partial charge in [-0.3, -0.25) is 4.68 Å². The van der Waals surface area contributed by atoms with E-state index in [1.165, 1.54) is 4.31 Å². The maximum atomic E-state index is 12.4. The molecule has 0 aromatic carbocycles. The molecule has 1 atom stereocenters. The van der Waals surface area contributed by atoms with Gasteiger partial charge in [0, 0.05) is 25.5 Å². The fraction of sp³-hybridized carbons (Fsp3) is 0.700. The fourth-order valence-corrected chi connectivity index (χ4v) is 3.99. The Balaban J connectivity index is 3.32. The van der Waals surface area contributed by atoms with E-state index >= 15 is 0 Å². The average Bonchev–Trinajstić information content (AvgIpc) is 2.51. The predicted octanol–water partition coefficient (Wildman–Crippen LogP) is 1.44.